The number of anilines is 2. The number of aromatic amines is 1. The summed E-state index contributed by atoms with van der Waals surface area (Å²) in [5.74, 6) is -0.269. The Morgan fingerprint density at radius 1 is 1.07 bits per heavy atom. The predicted molar refractivity (Wildman–Crippen MR) is 108 cm³/mol. The summed E-state index contributed by atoms with van der Waals surface area (Å²) in [5.41, 5.74) is 15.4. The normalized spacial score (nSPS) is 10.6. The first-order valence-corrected chi connectivity index (χ1v) is 8.52. The van der Waals surface area contributed by atoms with E-state index in [1.54, 1.807) is 36.7 Å². The van der Waals surface area contributed by atoms with Crippen LogP contribution in [0, 0.1) is 5.41 Å². The van der Waals surface area contributed by atoms with Crippen LogP contribution in [0.25, 0.3) is 11.0 Å². The molecular weight excluding hydrogens is 354 g/mol. The maximum Gasteiger partial charge on any atom is 0.305 e. The summed E-state index contributed by atoms with van der Waals surface area (Å²) < 4.78 is 0. The highest BCUT2D eigenvalue weighted by atomic mass is 16.2. The van der Waals surface area contributed by atoms with E-state index in [0.29, 0.717) is 27.8 Å². The lowest BCUT2D eigenvalue weighted by atomic mass is 10.0. The molecule has 8 heteroatoms. The van der Waals surface area contributed by atoms with Gasteiger partial charge in [0, 0.05) is 29.2 Å². The van der Waals surface area contributed by atoms with Gasteiger partial charge in [-0.25, -0.2) is 4.98 Å². The lowest BCUT2D eigenvalue weighted by molar-refractivity contribution is 0.0953. The SMILES string of the molecule is N=C(c1ccncc1)c1cc2[nH]c(C(=O)NNc3ccccc3)nc2cc1N. The smallest absolute Gasteiger partial charge is 0.305 e. The summed E-state index contributed by atoms with van der Waals surface area (Å²) in [7, 11) is 0. The van der Waals surface area contributed by atoms with E-state index in [-0.39, 0.29) is 11.5 Å². The van der Waals surface area contributed by atoms with Crippen LogP contribution in [0.4, 0.5) is 11.4 Å². The van der Waals surface area contributed by atoms with Crippen molar-refractivity contribution in [3.05, 3.63) is 83.9 Å². The van der Waals surface area contributed by atoms with Gasteiger partial charge in [0.05, 0.1) is 22.4 Å². The number of nitrogen functional groups attached to an aromatic ring is 1. The molecule has 138 valence electrons. The molecule has 4 rings (SSSR count). The second kappa shape index (κ2) is 7.20. The van der Waals surface area contributed by atoms with Crippen LogP contribution in [-0.4, -0.2) is 26.6 Å². The van der Waals surface area contributed by atoms with E-state index < -0.39 is 5.91 Å². The molecule has 0 spiro atoms. The quantitative estimate of drug-likeness (QED) is 0.209. The Morgan fingerprint density at radius 2 is 1.82 bits per heavy atom. The molecule has 0 unspecified atom stereocenters. The fourth-order valence-electron chi connectivity index (χ4n) is 2.78. The van der Waals surface area contributed by atoms with Crippen molar-refractivity contribution in [1.82, 2.24) is 20.4 Å². The van der Waals surface area contributed by atoms with Crippen molar-refractivity contribution >= 4 is 34.0 Å². The van der Waals surface area contributed by atoms with E-state index >= 15 is 0 Å². The number of benzene rings is 2. The molecule has 0 aliphatic heterocycles. The number of nitrogens with zero attached hydrogens (tertiary/aromatic N) is 2. The molecule has 1 amide bonds. The third-order valence-electron chi connectivity index (χ3n) is 4.20. The van der Waals surface area contributed by atoms with Crippen LogP contribution in [0.5, 0.6) is 0 Å². The van der Waals surface area contributed by atoms with Crippen molar-refractivity contribution in [2.24, 2.45) is 0 Å². The molecular formula is C20H17N7O. The molecule has 8 nitrogen and oxygen atoms in total. The Kier molecular flexibility index (Phi) is 4.43. The van der Waals surface area contributed by atoms with Crippen LogP contribution < -0.4 is 16.6 Å². The average Bonchev–Trinajstić information content (AvgIpc) is 3.15. The third kappa shape index (κ3) is 3.38. The number of hydrazine groups is 1. The molecule has 0 saturated heterocycles. The van der Waals surface area contributed by atoms with Gasteiger partial charge < -0.3 is 10.7 Å². The number of carbonyl (C=O) groups is 1. The molecule has 0 bridgehead atoms. The number of nitrogens with one attached hydrogen (secondary N) is 4. The number of hydrogen-bond donors (Lipinski definition) is 5. The number of amides is 1. The number of fused-ring (bicyclic) bond motifs is 1. The fraction of sp³-hybridized carbons (Fsp3) is 0. The van der Waals surface area contributed by atoms with Gasteiger partial charge in [0.2, 0.25) is 0 Å². The monoisotopic (exact) mass is 371 g/mol. The van der Waals surface area contributed by atoms with Gasteiger partial charge in [-0.15, -0.1) is 0 Å². The minimum absolute atomic E-state index is 0.144. The van der Waals surface area contributed by atoms with E-state index in [9.17, 15) is 4.79 Å². The highest BCUT2D eigenvalue weighted by Crippen LogP contribution is 2.23. The largest absolute Gasteiger partial charge is 0.398 e. The highest BCUT2D eigenvalue weighted by molar-refractivity contribution is 6.15. The fourth-order valence-corrected chi connectivity index (χ4v) is 2.78. The van der Waals surface area contributed by atoms with E-state index in [2.05, 4.69) is 25.8 Å². The Hall–Kier alpha value is -4.20. The topological polar surface area (TPSA) is 133 Å². The zero-order valence-corrected chi connectivity index (χ0v) is 14.7. The maximum absolute atomic E-state index is 12.4. The zero-order chi connectivity index (χ0) is 19.5. The lowest BCUT2D eigenvalue weighted by Gasteiger charge is -2.07. The number of rotatable bonds is 5. The predicted octanol–water partition coefficient (Wildman–Crippen LogP) is 2.71. The molecule has 0 radical (unpaired) electrons. The molecule has 0 fully saturated rings. The molecule has 0 saturated carbocycles. The Morgan fingerprint density at radius 3 is 2.57 bits per heavy atom. The molecule has 2 aromatic carbocycles. The van der Waals surface area contributed by atoms with Gasteiger partial charge in [0.25, 0.3) is 0 Å². The first-order valence-electron chi connectivity index (χ1n) is 8.52. The van der Waals surface area contributed by atoms with Crippen molar-refractivity contribution in [2.75, 3.05) is 11.2 Å². The Labute approximate surface area is 160 Å². The average molecular weight is 371 g/mol. The molecule has 6 N–H and O–H groups in total. The number of nitrogens with two attached hydrogens (primary N) is 1. The third-order valence-corrected chi connectivity index (χ3v) is 4.20. The summed E-state index contributed by atoms with van der Waals surface area (Å²) >= 11 is 0. The van der Waals surface area contributed by atoms with Crippen LogP contribution in [0.15, 0.2) is 67.0 Å². The number of H-pyrrole nitrogens is 1. The number of pyridine rings is 1. The van der Waals surface area contributed by atoms with Crippen LogP contribution >= 0.6 is 0 Å². The summed E-state index contributed by atoms with van der Waals surface area (Å²) in [5, 5.41) is 8.41. The molecule has 0 atom stereocenters. The summed E-state index contributed by atoms with van der Waals surface area (Å²) in [6.07, 6.45) is 3.24. The first-order chi connectivity index (χ1) is 13.6. The van der Waals surface area contributed by atoms with Gasteiger partial charge in [-0.05, 0) is 36.4 Å². The number of para-hydroxylation sites is 1. The number of aromatic nitrogens is 3. The first kappa shape index (κ1) is 17.2. The number of carbonyl (C=O) groups excluding carboxylic acids is 1. The van der Waals surface area contributed by atoms with Crippen LogP contribution in [0.2, 0.25) is 0 Å². The number of hydrogen-bond acceptors (Lipinski definition) is 6. The van der Waals surface area contributed by atoms with Crippen molar-refractivity contribution in [1.29, 1.82) is 5.41 Å². The summed E-state index contributed by atoms with van der Waals surface area (Å²) in [6.45, 7) is 0. The van der Waals surface area contributed by atoms with Gasteiger partial charge in [-0.1, -0.05) is 18.2 Å². The van der Waals surface area contributed by atoms with Gasteiger partial charge >= 0.3 is 5.91 Å². The van der Waals surface area contributed by atoms with Gasteiger partial charge in [0.15, 0.2) is 5.82 Å². The van der Waals surface area contributed by atoms with Gasteiger partial charge in [-0.2, -0.15) is 0 Å². The van der Waals surface area contributed by atoms with E-state index in [1.165, 1.54) is 0 Å². The molecule has 4 aromatic rings. The zero-order valence-electron chi connectivity index (χ0n) is 14.7. The summed E-state index contributed by atoms with van der Waals surface area (Å²) in [6, 6.07) is 16.1. The van der Waals surface area contributed by atoms with Gasteiger partial charge in [0.1, 0.15) is 0 Å². The second-order valence-electron chi connectivity index (χ2n) is 6.10. The van der Waals surface area contributed by atoms with Crippen molar-refractivity contribution in [2.45, 2.75) is 0 Å². The van der Waals surface area contributed by atoms with E-state index in [4.69, 9.17) is 11.1 Å². The van der Waals surface area contributed by atoms with Crippen molar-refractivity contribution < 1.29 is 4.79 Å². The van der Waals surface area contributed by atoms with Crippen LogP contribution in [0.3, 0.4) is 0 Å². The molecule has 28 heavy (non-hydrogen) atoms. The van der Waals surface area contributed by atoms with Crippen LogP contribution in [-0.2, 0) is 0 Å². The minimum Gasteiger partial charge on any atom is -0.398 e. The standard InChI is InChI=1S/C20H17N7O/c21-15-11-17-16(10-14(15)18(22)12-6-8-23-9-7-12)24-19(25-17)20(28)27-26-13-4-2-1-3-5-13/h1-11,22,26H,21H2,(H,24,25)(H,27,28). The highest BCUT2D eigenvalue weighted by Gasteiger charge is 2.15. The van der Waals surface area contributed by atoms with Crippen molar-refractivity contribution in [3.63, 3.8) is 0 Å². The second-order valence-corrected chi connectivity index (χ2v) is 6.10. The molecule has 0 aliphatic carbocycles. The maximum atomic E-state index is 12.4. The van der Waals surface area contributed by atoms with Crippen LogP contribution in [0.1, 0.15) is 21.7 Å². The van der Waals surface area contributed by atoms with Gasteiger partial charge in [-0.3, -0.25) is 26.0 Å². The van der Waals surface area contributed by atoms with E-state index in [1.807, 2.05) is 30.3 Å². The molecule has 0 aliphatic rings. The summed E-state index contributed by atoms with van der Waals surface area (Å²) in [4.78, 5) is 23.6. The minimum atomic E-state index is -0.413. The Balaban J connectivity index is 1.59. The van der Waals surface area contributed by atoms with E-state index in [0.717, 1.165) is 5.69 Å². The molecule has 2 aromatic heterocycles. The van der Waals surface area contributed by atoms with Crippen molar-refractivity contribution in [3.8, 4) is 0 Å². The lowest BCUT2D eigenvalue weighted by Crippen LogP contribution is -2.30. The number of imidazole rings is 1. The molecule has 2 heterocycles. The Bertz CT molecular complexity index is 1150.